The number of halogens is 1. The van der Waals surface area contributed by atoms with Crippen molar-refractivity contribution in [3.63, 3.8) is 0 Å². The summed E-state index contributed by atoms with van der Waals surface area (Å²) in [7, 11) is 0. The highest BCUT2D eigenvalue weighted by Crippen LogP contribution is 2.22. The third-order valence-electron chi connectivity index (χ3n) is 2.74. The molecule has 4 nitrogen and oxygen atoms in total. The first kappa shape index (κ1) is 10.5. The molecule has 0 aromatic carbocycles. The van der Waals surface area contributed by atoms with E-state index in [1.807, 2.05) is 12.4 Å². The Labute approximate surface area is 93.6 Å². The fraction of sp³-hybridized carbons (Fsp3) is 0.600. The van der Waals surface area contributed by atoms with Crippen LogP contribution >= 0.6 is 11.6 Å². The monoisotopic (exact) mass is 227 g/mol. The third kappa shape index (κ3) is 2.31. The zero-order valence-electron chi connectivity index (χ0n) is 8.45. The van der Waals surface area contributed by atoms with Gasteiger partial charge >= 0.3 is 0 Å². The number of hydrogen-bond donors (Lipinski definition) is 1. The first-order chi connectivity index (χ1) is 7.31. The number of amides is 1. The standard InChI is InChI=1S/C10H14ClN3O/c11-6-10(15)13-7-8-2-1-3-9-12-4-5-14(8)9/h4-5,8H,1-3,6-7H2,(H,13,15). The van der Waals surface area contributed by atoms with Gasteiger partial charge in [-0.05, 0) is 12.8 Å². The maximum absolute atomic E-state index is 11.0. The first-order valence-electron chi connectivity index (χ1n) is 5.15. The summed E-state index contributed by atoms with van der Waals surface area (Å²) in [6, 6.07) is 0.336. The van der Waals surface area contributed by atoms with Gasteiger partial charge in [0.2, 0.25) is 5.91 Å². The largest absolute Gasteiger partial charge is 0.353 e. The maximum Gasteiger partial charge on any atom is 0.234 e. The number of hydrogen-bond acceptors (Lipinski definition) is 2. The highest BCUT2D eigenvalue weighted by Gasteiger charge is 2.19. The first-order valence-corrected chi connectivity index (χ1v) is 5.69. The molecule has 1 atom stereocenters. The van der Waals surface area contributed by atoms with Gasteiger partial charge in [0.15, 0.2) is 0 Å². The Balaban J connectivity index is 1.97. The van der Waals surface area contributed by atoms with Gasteiger partial charge in [-0.15, -0.1) is 11.6 Å². The van der Waals surface area contributed by atoms with Crippen LogP contribution < -0.4 is 5.32 Å². The number of fused-ring (bicyclic) bond motifs is 1. The van der Waals surface area contributed by atoms with Crippen LogP contribution in [0.3, 0.4) is 0 Å². The van der Waals surface area contributed by atoms with Crippen molar-refractivity contribution in [3.05, 3.63) is 18.2 Å². The number of aromatic nitrogens is 2. The van der Waals surface area contributed by atoms with E-state index in [1.54, 1.807) is 0 Å². The Morgan fingerprint density at radius 2 is 2.60 bits per heavy atom. The molecule has 5 heteroatoms. The summed E-state index contributed by atoms with van der Waals surface area (Å²) in [6.07, 6.45) is 7.06. The van der Waals surface area contributed by atoms with Crippen molar-refractivity contribution in [2.75, 3.05) is 12.4 Å². The van der Waals surface area contributed by atoms with Crippen LogP contribution in [0.4, 0.5) is 0 Å². The lowest BCUT2D eigenvalue weighted by Crippen LogP contribution is -2.33. The van der Waals surface area contributed by atoms with Crippen molar-refractivity contribution in [3.8, 4) is 0 Å². The number of nitrogens with one attached hydrogen (secondary N) is 1. The van der Waals surface area contributed by atoms with Crippen LogP contribution in [0.25, 0.3) is 0 Å². The SMILES string of the molecule is O=C(CCl)NCC1CCCc2nccn21. The Morgan fingerprint density at radius 3 is 3.40 bits per heavy atom. The van der Waals surface area contributed by atoms with Gasteiger partial charge in [-0.3, -0.25) is 4.79 Å². The molecule has 0 fully saturated rings. The van der Waals surface area contributed by atoms with Crippen molar-refractivity contribution in [2.45, 2.75) is 25.3 Å². The predicted octanol–water partition coefficient (Wildman–Crippen LogP) is 1.12. The maximum atomic E-state index is 11.0. The molecule has 82 valence electrons. The molecule has 1 aliphatic rings. The van der Waals surface area contributed by atoms with Crippen molar-refractivity contribution >= 4 is 17.5 Å². The molecule has 1 aliphatic heterocycles. The Bertz CT molecular complexity index is 350. The Hall–Kier alpha value is -1.03. The van der Waals surface area contributed by atoms with Gasteiger partial charge in [0.25, 0.3) is 0 Å². The van der Waals surface area contributed by atoms with Crippen molar-refractivity contribution in [1.82, 2.24) is 14.9 Å². The molecule has 0 bridgehead atoms. The zero-order chi connectivity index (χ0) is 10.7. The Morgan fingerprint density at radius 1 is 1.73 bits per heavy atom. The predicted molar refractivity (Wildman–Crippen MR) is 57.9 cm³/mol. The second kappa shape index (κ2) is 4.66. The van der Waals surface area contributed by atoms with Gasteiger partial charge in [0.05, 0.1) is 6.04 Å². The molecule has 1 N–H and O–H groups in total. The van der Waals surface area contributed by atoms with Gasteiger partial charge in [-0.25, -0.2) is 4.98 Å². The van der Waals surface area contributed by atoms with E-state index >= 15 is 0 Å². The molecule has 0 aliphatic carbocycles. The quantitative estimate of drug-likeness (QED) is 0.787. The summed E-state index contributed by atoms with van der Waals surface area (Å²) in [6.45, 7) is 0.648. The number of rotatable bonds is 3. The third-order valence-corrected chi connectivity index (χ3v) is 2.98. The molecule has 1 unspecified atom stereocenters. The fourth-order valence-electron chi connectivity index (χ4n) is 1.98. The van der Waals surface area contributed by atoms with Gasteiger partial charge in [-0.1, -0.05) is 0 Å². The number of alkyl halides is 1. The number of imidazole rings is 1. The zero-order valence-corrected chi connectivity index (χ0v) is 9.20. The van der Waals surface area contributed by atoms with E-state index in [4.69, 9.17) is 11.6 Å². The van der Waals surface area contributed by atoms with E-state index in [-0.39, 0.29) is 11.8 Å². The van der Waals surface area contributed by atoms with Crippen molar-refractivity contribution in [1.29, 1.82) is 0 Å². The molecule has 0 saturated heterocycles. The van der Waals surface area contributed by atoms with Crippen molar-refractivity contribution < 1.29 is 4.79 Å². The van der Waals surface area contributed by atoms with Crippen LogP contribution in [-0.4, -0.2) is 27.9 Å². The van der Waals surface area contributed by atoms with Crippen LogP contribution in [-0.2, 0) is 11.2 Å². The van der Waals surface area contributed by atoms with Crippen LogP contribution in [0.2, 0.25) is 0 Å². The van der Waals surface area contributed by atoms with E-state index in [0.29, 0.717) is 12.6 Å². The number of nitrogens with zero attached hydrogens (tertiary/aromatic N) is 2. The number of carbonyl (C=O) groups is 1. The van der Waals surface area contributed by atoms with Gasteiger partial charge in [-0.2, -0.15) is 0 Å². The lowest BCUT2D eigenvalue weighted by atomic mass is 10.0. The molecule has 1 aromatic heterocycles. The number of carbonyl (C=O) groups excluding carboxylic acids is 1. The summed E-state index contributed by atoms with van der Waals surface area (Å²) in [4.78, 5) is 15.3. The summed E-state index contributed by atoms with van der Waals surface area (Å²) >= 11 is 5.42. The molecule has 0 saturated carbocycles. The van der Waals surface area contributed by atoms with Gasteiger partial charge in [0.1, 0.15) is 11.7 Å². The van der Waals surface area contributed by atoms with Crippen LogP contribution in [0.1, 0.15) is 24.7 Å². The molecule has 0 spiro atoms. The summed E-state index contributed by atoms with van der Waals surface area (Å²) in [5.74, 6) is 1.04. The second-order valence-corrected chi connectivity index (χ2v) is 4.00. The second-order valence-electron chi connectivity index (χ2n) is 3.73. The van der Waals surface area contributed by atoms with E-state index < -0.39 is 0 Å². The lowest BCUT2D eigenvalue weighted by Gasteiger charge is -2.25. The van der Waals surface area contributed by atoms with E-state index in [2.05, 4.69) is 14.9 Å². The van der Waals surface area contributed by atoms with Gasteiger partial charge < -0.3 is 9.88 Å². The summed E-state index contributed by atoms with van der Waals surface area (Å²) in [5, 5.41) is 2.81. The van der Waals surface area contributed by atoms with E-state index in [9.17, 15) is 4.79 Å². The summed E-state index contributed by atoms with van der Waals surface area (Å²) < 4.78 is 2.15. The van der Waals surface area contributed by atoms with Crippen LogP contribution in [0.15, 0.2) is 12.4 Å². The average molecular weight is 228 g/mol. The van der Waals surface area contributed by atoms with Crippen LogP contribution in [0, 0.1) is 0 Å². The minimum atomic E-state index is -0.107. The highest BCUT2D eigenvalue weighted by molar-refractivity contribution is 6.27. The summed E-state index contributed by atoms with van der Waals surface area (Å²) in [5.41, 5.74) is 0. The lowest BCUT2D eigenvalue weighted by molar-refractivity contribution is -0.118. The molecular weight excluding hydrogens is 214 g/mol. The smallest absolute Gasteiger partial charge is 0.234 e. The molecule has 2 rings (SSSR count). The van der Waals surface area contributed by atoms with E-state index in [1.165, 1.54) is 0 Å². The molecule has 15 heavy (non-hydrogen) atoms. The molecule has 1 amide bonds. The molecular formula is C10H14ClN3O. The van der Waals surface area contributed by atoms with Gasteiger partial charge in [0, 0.05) is 25.4 Å². The van der Waals surface area contributed by atoms with E-state index in [0.717, 1.165) is 25.1 Å². The normalized spacial score (nSPS) is 19.7. The number of aryl methyl sites for hydroxylation is 1. The Kier molecular flexibility index (Phi) is 3.26. The fourth-order valence-corrected chi connectivity index (χ4v) is 2.08. The topological polar surface area (TPSA) is 46.9 Å². The molecule has 2 heterocycles. The minimum Gasteiger partial charge on any atom is -0.353 e. The molecule has 1 aromatic rings. The average Bonchev–Trinajstić information content (AvgIpc) is 2.74. The molecule has 0 radical (unpaired) electrons. The van der Waals surface area contributed by atoms with Crippen molar-refractivity contribution in [2.24, 2.45) is 0 Å². The minimum absolute atomic E-state index is 0.0313. The highest BCUT2D eigenvalue weighted by atomic mass is 35.5. The van der Waals surface area contributed by atoms with Crippen LogP contribution in [0.5, 0.6) is 0 Å².